The van der Waals surface area contributed by atoms with E-state index in [1.54, 1.807) is 5.48 Å². The number of hydrogen-bond donors (Lipinski definition) is 4. The van der Waals surface area contributed by atoms with Crippen LogP contribution in [0.5, 0.6) is 0 Å². The molecule has 0 rings (SSSR count). The minimum absolute atomic E-state index is 0.148. The van der Waals surface area contributed by atoms with Crippen molar-refractivity contribution in [2.75, 3.05) is 19.3 Å². The Morgan fingerprint density at radius 1 is 1.67 bits per heavy atom. The van der Waals surface area contributed by atoms with Crippen molar-refractivity contribution in [1.29, 1.82) is 0 Å². The maximum absolute atomic E-state index is 10.5. The molecule has 0 saturated carbocycles. The summed E-state index contributed by atoms with van der Waals surface area (Å²) >= 11 is 0. The van der Waals surface area contributed by atoms with Crippen LogP contribution in [0.15, 0.2) is 4.99 Å². The van der Waals surface area contributed by atoms with Crippen LogP contribution >= 0.6 is 0 Å². The van der Waals surface area contributed by atoms with Gasteiger partial charge in [-0.1, -0.05) is 0 Å². The molecule has 72 valence electrons. The van der Waals surface area contributed by atoms with Crippen molar-refractivity contribution in [2.45, 2.75) is 0 Å². The Kier molecular flexibility index (Phi) is 4.55. The van der Waals surface area contributed by atoms with Crippen LogP contribution in [0.2, 0.25) is 0 Å². The highest BCUT2D eigenvalue weighted by Crippen LogP contribution is 1.73. The average Bonchev–Trinajstić information content (AvgIpc) is 1.96. The highest BCUT2D eigenvalue weighted by Gasteiger charge is 1.97. The van der Waals surface area contributed by atoms with Crippen molar-refractivity contribution in [3.05, 3.63) is 0 Å². The molecule has 8 heteroatoms. The fourth-order valence-electron chi connectivity index (χ4n) is 0.443. The Hall–Kier alpha value is -0.860. The van der Waals surface area contributed by atoms with Gasteiger partial charge in [-0.25, -0.2) is 18.6 Å². The third-order valence-electron chi connectivity index (χ3n) is 0.873. The highest BCUT2D eigenvalue weighted by atomic mass is 32.2. The molecule has 0 atom stereocenters. The first-order chi connectivity index (χ1) is 5.45. The Bertz CT molecular complexity index is 247. The van der Waals surface area contributed by atoms with Crippen LogP contribution in [0.3, 0.4) is 0 Å². The van der Waals surface area contributed by atoms with Gasteiger partial charge in [-0.05, 0) is 0 Å². The Morgan fingerprint density at radius 3 is 2.67 bits per heavy atom. The summed E-state index contributed by atoms with van der Waals surface area (Å²) in [5, 5.41) is 8.15. The predicted molar refractivity (Wildman–Crippen MR) is 44.3 cm³/mol. The maximum atomic E-state index is 10.5. The quantitative estimate of drug-likeness (QED) is 0.177. The molecule has 0 aliphatic rings. The smallest absolute Gasteiger partial charge is 0.212 e. The number of aliphatic imine (C=N–C) groups is 1. The molecule has 0 aliphatic heterocycles. The SMILES string of the molecule is CS(=O)(=O)NCCN=C(N)NO. The zero-order chi connectivity index (χ0) is 9.61. The molecule has 0 fully saturated rings. The van der Waals surface area contributed by atoms with Crippen LogP contribution in [-0.4, -0.2) is 38.9 Å². The van der Waals surface area contributed by atoms with Crippen molar-refractivity contribution < 1.29 is 13.6 Å². The summed E-state index contributed by atoms with van der Waals surface area (Å²) in [5.41, 5.74) is 6.65. The zero-order valence-corrected chi connectivity index (χ0v) is 7.43. The van der Waals surface area contributed by atoms with Gasteiger partial charge in [-0.15, -0.1) is 0 Å². The van der Waals surface area contributed by atoms with Crippen molar-refractivity contribution in [2.24, 2.45) is 10.7 Å². The second-order valence-corrected chi connectivity index (χ2v) is 3.88. The molecule has 0 aliphatic carbocycles. The fourth-order valence-corrected chi connectivity index (χ4v) is 0.905. The van der Waals surface area contributed by atoms with Gasteiger partial charge in [0.15, 0.2) is 0 Å². The van der Waals surface area contributed by atoms with Gasteiger partial charge in [-0.2, -0.15) is 0 Å². The molecule has 0 spiro atoms. The van der Waals surface area contributed by atoms with Gasteiger partial charge in [0.1, 0.15) is 0 Å². The van der Waals surface area contributed by atoms with Gasteiger partial charge in [0.25, 0.3) is 0 Å². The Morgan fingerprint density at radius 2 is 2.25 bits per heavy atom. The van der Waals surface area contributed by atoms with Crippen molar-refractivity contribution in [3.63, 3.8) is 0 Å². The predicted octanol–water partition coefficient (Wildman–Crippen LogP) is -2.17. The molecule has 0 heterocycles. The summed E-state index contributed by atoms with van der Waals surface area (Å²) in [4.78, 5) is 3.55. The molecule has 0 aromatic rings. The van der Waals surface area contributed by atoms with Gasteiger partial charge in [-0.3, -0.25) is 10.2 Å². The molecule has 0 saturated heterocycles. The number of rotatable bonds is 4. The number of nitrogens with zero attached hydrogens (tertiary/aromatic N) is 1. The lowest BCUT2D eigenvalue weighted by Gasteiger charge is -1.99. The number of guanidine groups is 1. The first-order valence-electron chi connectivity index (χ1n) is 3.10. The van der Waals surface area contributed by atoms with Gasteiger partial charge in [0.2, 0.25) is 16.0 Å². The number of hydroxylamine groups is 1. The van der Waals surface area contributed by atoms with E-state index in [2.05, 4.69) is 9.71 Å². The van der Waals surface area contributed by atoms with Crippen molar-refractivity contribution >= 4 is 16.0 Å². The summed E-state index contributed by atoms with van der Waals surface area (Å²) in [7, 11) is -3.17. The van der Waals surface area contributed by atoms with E-state index in [0.717, 1.165) is 6.26 Å². The van der Waals surface area contributed by atoms with Crippen LogP contribution in [0.25, 0.3) is 0 Å². The minimum atomic E-state index is -3.17. The molecule has 0 aromatic heterocycles. The first kappa shape index (κ1) is 11.1. The van der Waals surface area contributed by atoms with Gasteiger partial charge in [0, 0.05) is 6.54 Å². The van der Waals surface area contributed by atoms with Crippen molar-refractivity contribution in [1.82, 2.24) is 10.2 Å². The second kappa shape index (κ2) is 4.91. The van der Waals surface area contributed by atoms with Crippen LogP contribution in [-0.2, 0) is 10.0 Å². The van der Waals surface area contributed by atoms with E-state index < -0.39 is 10.0 Å². The van der Waals surface area contributed by atoms with E-state index in [1.807, 2.05) is 0 Å². The monoisotopic (exact) mass is 196 g/mol. The van der Waals surface area contributed by atoms with Crippen molar-refractivity contribution in [3.8, 4) is 0 Å². The van der Waals surface area contributed by atoms with Gasteiger partial charge < -0.3 is 5.73 Å². The van der Waals surface area contributed by atoms with Crippen LogP contribution in [0.1, 0.15) is 0 Å². The Balaban J connectivity index is 3.59. The van der Waals surface area contributed by atoms with E-state index in [4.69, 9.17) is 10.9 Å². The Labute approximate surface area is 70.7 Å². The van der Waals surface area contributed by atoms with Gasteiger partial charge in [0.05, 0.1) is 12.8 Å². The summed E-state index contributed by atoms with van der Waals surface area (Å²) in [6.45, 7) is 0.327. The summed E-state index contributed by atoms with van der Waals surface area (Å²) in [5.74, 6) is -0.148. The third-order valence-corrected chi connectivity index (χ3v) is 1.60. The molecule has 12 heavy (non-hydrogen) atoms. The van der Waals surface area contributed by atoms with Crippen LogP contribution in [0.4, 0.5) is 0 Å². The molecule has 0 radical (unpaired) electrons. The molecule has 0 aromatic carbocycles. The van der Waals surface area contributed by atoms with E-state index in [0.29, 0.717) is 0 Å². The van der Waals surface area contributed by atoms with E-state index in [9.17, 15) is 8.42 Å². The van der Waals surface area contributed by atoms with E-state index in [1.165, 1.54) is 0 Å². The first-order valence-corrected chi connectivity index (χ1v) is 4.99. The fraction of sp³-hybridized carbons (Fsp3) is 0.750. The highest BCUT2D eigenvalue weighted by molar-refractivity contribution is 7.88. The number of nitrogens with one attached hydrogen (secondary N) is 2. The second-order valence-electron chi connectivity index (χ2n) is 2.05. The lowest BCUT2D eigenvalue weighted by molar-refractivity contribution is 0.232. The van der Waals surface area contributed by atoms with E-state index >= 15 is 0 Å². The van der Waals surface area contributed by atoms with E-state index in [-0.39, 0.29) is 19.0 Å². The topological polar surface area (TPSA) is 117 Å². The van der Waals surface area contributed by atoms with Crippen LogP contribution in [0, 0.1) is 0 Å². The number of nitrogens with two attached hydrogens (primary N) is 1. The summed E-state index contributed by atoms with van der Waals surface area (Å²) in [6, 6.07) is 0. The summed E-state index contributed by atoms with van der Waals surface area (Å²) < 4.78 is 23.2. The molecular weight excluding hydrogens is 184 g/mol. The number of hydrogen-bond acceptors (Lipinski definition) is 4. The third kappa shape index (κ3) is 7.25. The molecular formula is C4H12N4O3S. The lowest BCUT2D eigenvalue weighted by Crippen LogP contribution is -2.30. The summed E-state index contributed by atoms with van der Waals surface area (Å²) in [6.07, 6.45) is 1.05. The maximum Gasteiger partial charge on any atom is 0.212 e. The van der Waals surface area contributed by atoms with Gasteiger partial charge >= 0.3 is 0 Å². The zero-order valence-electron chi connectivity index (χ0n) is 6.61. The molecule has 0 unspecified atom stereocenters. The largest absolute Gasteiger partial charge is 0.368 e. The molecule has 7 nitrogen and oxygen atoms in total. The standard InChI is InChI=1S/C4H12N4O3S/c1-12(10,11)7-3-2-6-4(5)8-9/h7,9H,2-3H2,1H3,(H3,5,6,8). The molecule has 0 amide bonds. The number of sulfonamides is 1. The molecule has 0 bridgehead atoms. The van der Waals surface area contributed by atoms with Crippen LogP contribution < -0.4 is 15.9 Å². The normalized spacial score (nSPS) is 13.0. The average molecular weight is 196 g/mol. The molecule has 5 N–H and O–H groups in total. The minimum Gasteiger partial charge on any atom is -0.368 e. The lowest BCUT2D eigenvalue weighted by atomic mass is 10.7.